The zero-order valence-corrected chi connectivity index (χ0v) is 28.4. The number of nitrogens with two attached hydrogens (primary N) is 1. The molecule has 0 unspecified atom stereocenters. The number of guanidine groups is 1. The number of halogens is 1. The summed E-state index contributed by atoms with van der Waals surface area (Å²) in [6, 6.07) is 0.779. The van der Waals surface area contributed by atoms with Crippen LogP contribution in [0.3, 0.4) is 0 Å². The molecule has 0 fully saturated rings. The molecule has 0 aliphatic rings. The third-order valence-corrected chi connectivity index (χ3v) is 7.89. The van der Waals surface area contributed by atoms with Crippen LogP contribution in [0.25, 0.3) is 0 Å². The van der Waals surface area contributed by atoms with Crippen LogP contribution in [0.2, 0.25) is 0 Å². The molecular weight excluding hydrogens is 740 g/mol. The summed E-state index contributed by atoms with van der Waals surface area (Å²) in [7, 11) is -4.05. The van der Waals surface area contributed by atoms with Crippen molar-refractivity contribution in [2.45, 2.75) is 49.2 Å². The van der Waals surface area contributed by atoms with E-state index >= 15 is 0 Å². The lowest BCUT2D eigenvalue weighted by atomic mass is 10.1. The van der Waals surface area contributed by atoms with Crippen molar-refractivity contribution in [1.82, 2.24) is 31.3 Å². The Morgan fingerprint density at radius 2 is 1.47 bits per heavy atom. The van der Waals surface area contributed by atoms with Gasteiger partial charge in [-0.25, -0.2) is 17.9 Å². The number of aliphatic hydroxyl groups is 1. The number of carboxylic acid groups (broad SMARTS) is 2. The van der Waals surface area contributed by atoms with Gasteiger partial charge in [-0.2, -0.15) is 0 Å². The van der Waals surface area contributed by atoms with Gasteiger partial charge in [-0.05, 0) is 44.0 Å². The number of nitrogens with one attached hydrogen (secondary N) is 6. The van der Waals surface area contributed by atoms with Crippen LogP contribution >= 0.6 is 15.9 Å². The summed E-state index contributed by atoms with van der Waals surface area (Å²) in [4.78, 5) is 88.1. The van der Waals surface area contributed by atoms with Crippen molar-refractivity contribution < 1.29 is 57.3 Å². The number of carbonyl (C=O) groups is 7. The maximum atomic E-state index is 13.0. The van der Waals surface area contributed by atoms with Crippen LogP contribution in [0.4, 0.5) is 0 Å². The minimum absolute atomic E-state index is 0.0415. The number of amides is 5. The van der Waals surface area contributed by atoms with Gasteiger partial charge in [0.15, 0.2) is 0 Å². The quantitative estimate of drug-likeness (QED) is 0.0268. The molecule has 0 aromatic heterocycles. The molecule has 0 saturated heterocycles. The number of nitrogens with zero attached hydrogens (tertiary/aromatic N) is 1. The molecule has 11 N–H and O–H groups in total. The Bertz CT molecular complexity index is 1550. The van der Waals surface area contributed by atoms with E-state index in [2.05, 4.69) is 48.2 Å². The molecule has 0 spiro atoms. The van der Waals surface area contributed by atoms with E-state index in [1.54, 1.807) is 0 Å². The van der Waals surface area contributed by atoms with Crippen molar-refractivity contribution in [1.29, 1.82) is 0 Å². The van der Waals surface area contributed by atoms with Crippen LogP contribution in [0.5, 0.6) is 0 Å². The van der Waals surface area contributed by atoms with E-state index in [0.29, 0.717) is 4.47 Å². The van der Waals surface area contributed by atoms with Crippen LogP contribution in [0, 0.1) is 0 Å². The lowest BCUT2D eigenvalue weighted by Crippen LogP contribution is -2.55. The molecule has 20 nitrogen and oxygen atoms in total. The highest BCUT2D eigenvalue weighted by molar-refractivity contribution is 9.10. The first kappa shape index (κ1) is 41.9. The Balaban J connectivity index is 2.92. The van der Waals surface area contributed by atoms with Crippen molar-refractivity contribution in [3.8, 4) is 0 Å². The van der Waals surface area contributed by atoms with Crippen LogP contribution in [0.15, 0.2) is 50.8 Å². The average Bonchev–Trinajstić information content (AvgIpc) is 3.01. The Kier molecular flexibility index (Phi) is 17.4. The Morgan fingerprint density at radius 3 is 2.00 bits per heavy atom. The molecule has 0 radical (unpaired) electrons. The summed E-state index contributed by atoms with van der Waals surface area (Å²) in [5.74, 6) is -8.27. The fraction of sp³-hybridized carbons (Fsp3) is 0.407. The van der Waals surface area contributed by atoms with Crippen molar-refractivity contribution in [3.63, 3.8) is 0 Å². The van der Waals surface area contributed by atoms with Gasteiger partial charge in [0.1, 0.15) is 18.1 Å². The summed E-state index contributed by atoms with van der Waals surface area (Å²) in [5.41, 5.74) is 5.82. The molecule has 0 heterocycles. The maximum absolute atomic E-state index is 13.0. The molecule has 1 aromatic rings. The highest BCUT2D eigenvalue weighted by atomic mass is 79.9. The van der Waals surface area contributed by atoms with E-state index in [-0.39, 0.29) is 29.9 Å². The number of aliphatic imine (C=N–C) groups is 1. The van der Waals surface area contributed by atoms with Gasteiger partial charge < -0.3 is 47.6 Å². The molecule has 0 aliphatic carbocycles. The second kappa shape index (κ2) is 20.3. The predicted molar refractivity (Wildman–Crippen MR) is 174 cm³/mol. The number of carbonyl (C=O) groups excluding carboxylic acids is 5. The Labute approximate surface area is 288 Å². The fourth-order valence-corrected chi connectivity index (χ4v) is 4.76. The molecule has 49 heavy (non-hydrogen) atoms. The van der Waals surface area contributed by atoms with Crippen molar-refractivity contribution >= 4 is 73.4 Å². The predicted octanol–water partition coefficient (Wildman–Crippen LogP) is -3.36. The summed E-state index contributed by atoms with van der Waals surface area (Å²) < 4.78 is 27.7. The number of sulfonamides is 1. The fourth-order valence-electron chi connectivity index (χ4n) is 3.54. The largest absolute Gasteiger partial charge is 0.481 e. The van der Waals surface area contributed by atoms with Crippen LogP contribution < -0.4 is 37.0 Å². The molecule has 270 valence electrons. The van der Waals surface area contributed by atoms with Crippen molar-refractivity contribution in [2.75, 3.05) is 26.2 Å². The average molecular weight is 778 g/mol. The third-order valence-electron chi connectivity index (χ3n) is 6.00. The second-order valence-corrected chi connectivity index (χ2v) is 12.7. The zero-order valence-electron chi connectivity index (χ0n) is 26.0. The minimum Gasteiger partial charge on any atom is -0.481 e. The molecule has 0 bridgehead atoms. The van der Waals surface area contributed by atoms with Gasteiger partial charge in [0.25, 0.3) is 10.0 Å². The van der Waals surface area contributed by atoms with Gasteiger partial charge in [-0.3, -0.25) is 33.8 Å². The molecule has 3 atom stereocenters. The van der Waals surface area contributed by atoms with Crippen LogP contribution in [-0.2, 0) is 43.6 Å². The molecule has 0 aliphatic heterocycles. The molecule has 22 heteroatoms. The van der Waals surface area contributed by atoms with E-state index in [0.717, 1.165) is 0 Å². The van der Waals surface area contributed by atoms with Crippen LogP contribution in [-0.4, -0.2) is 116 Å². The third kappa shape index (κ3) is 16.0. The number of benzene rings is 1. The Morgan fingerprint density at radius 1 is 0.898 bits per heavy atom. The second-order valence-electron chi connectivity index (χ2n) is 10.1. The first-order valence-corrected chi connectivity index (χ1v) is 16.4. The van der Waals surface area contributed by atoms with Gasteiger partial charge in [0.2, 0.25) is 35.5 Å². The molecule has 5 amide bonds. The summed E-state index contributed by atoms with van der Waals surface area (Å²) in [6.07, 6.45) is -1.06. The number of carboxylic acids is 2. The minimum atomic E-state index is -4.05. The first-order chi connectivity index (χ1) is 22.9. The van der Waals surface area contributed by atoms with E-state index in [1.807, 2.05) is 10.6 Å². The first-order valence-electron chi connectivity index (χ1n) is 14.1. The van der Waals surface area contributed by atoms with Gasteiger partial charge >= 0.3 is 11.9 Å². The van der Waals surface area contributed by atoms with E-state index < -0.39 is 102 Å². The smallest absolute Gasteiger partial charge is 0.328 e. The van der Waals surface area contributed by atoms with E-state index in [4.69, 9.17) is 21.1 Å². The van der Waals surface area contributed by atoms with Gasteiger partial charge in [0.05, 0.1) is 31.0 Å². The van der Waals surface area contributed by atoms with Gasteiger partial charge in [-0.1, -0.05) is 22.5 Å². The Hall–Kier alpha value is -5.09. The number of rotatable bonds is 20. The standard InChI is InChI=1S/C27H37BrN8O12S/c1-14(2)23(42)31-11-20(38)33-17(4-3-9-30-27(29)36-49(47,48)16-7-5-15(28)6-8-16)24(43)32-12-21(39)34-18(10-22(40)41)25(44)35-19(13-37)26(45)46/h5-8,17-19,37H,1,3-4,9-13H2,2H3,(H,31,42)(H,32,43)(H,33,38)(H,34,39)(H,35,44)(H,40,41)(H,45,46)(H3,29,30,36)/t17-,18-,19-/m0/s1. The normalized spacial score (nSPS) is 13.1. The molecule has 0 saturated carbocycles. The number of hydrogen-bond donors (Lipinski definition) is 10. The summed E-state index contributed by atoms with van der Waals surface area (Å²) in [6.45, 7) is 2.32. The highest BCUT2D eigenvalue weighted by Crippen LogP contribution is 2.14. The topological polar surface area (TPSA) is 325 Å². The highest BCUT2D eigenvalue weighted by Gasteiger charge is 2.29. The SMILES string of the molecule is C=C(C)C(=O)NCC(=O)N[C@@H](CCCN=C(N)NS(=O)(=O)c1ccc(Br)cc1)C(=O)NCC(=O)N[C@@H](CC(=O)O)C(=O)N[C@@H](CO)C(=O)O. The van der Waals surface area contributed by atoms with E-state index in [9.17, 15) is 42.0 Å². The number of aliphatic carboxylic acids is 2. The lowest BCUT2D eigenvalue weighted by Gasteiger charge is -2.21. The monoisotopic (exact) mass is 776 g/mol. The van der Waals surface area contributed by atoms with Crippen molar-refractivity contribution in [3.05, 3.63) is 40.9 Å². The lowest BCUT2D eigenvalue weighted by molar-refractivity contribution is -0.144. The van der Waals surface area contributed by atoms with Crippen LogP contribution in [0.1, 0.15) is 26.2 Å². The number of aliphatic hydroxyl groups excluding tert-OH is 1. The summed E-state index contributed by atoms with van der Waals surface area (Å²) in [5, 5.41) is 37.9. The molecular formula is C27H37BrN8O12S. The van der Waals surface area contributed by atoms with Gasteiger partial charge in [-0.15, -0.1) is 0 Å². The molecule has 1 aromatic carbocycles. The molecule has 1 rings (SSSR count). The maximum Gasteiger partial charge on any atom is 0.328 e. The zero-order chi connectivity index (χ0) is 37.3. The van der Waals surface area contributed by atoms with Crippen molar-refractivity contribution in [2.24, 2.45) is 10.7 Å². The number of hydrogen-bond acceptors (Lipinski definition) is 11. The van der Waals surface area contributed by atoms with Gasteiger partial charge in [0, 0.05) is 16.6 Å². The summed E-state index contributed by atoms with van der Waals surface area (Å²) >= 11 is 3.20. The van der Waals surface area contributed by atoms with E-state index in [1.165, 1.54) is 31.2 Å².